The van der Waals surface area contributed by atoms with Crippen LogP contribution in [0.2, 0.25) is 0 Å². The molecule has 0 radical (unpaired) electrons. The molecule has 1 rings (SSSR count). The van der Waals surface area contributed by atoms with Gasteiger partial charge in [0.2, 0.25) is 0 Å². The van der Waals surface area contributed by atoms with Crippen LogP contribution in [0.3, 0.4) is 0 Å². The van der Waals surface area contributed by atoms with Crippen molar-refractivity contribution in [1.29, 1.82) is 0 Å². The molecule has 0 unspecified atom stereocenters. The van der Waals surface area contributed by atoms with Gasteiger partial charge in [-0.1, -0.05) is 0 Å². The number of rotatable bonds is 4. The summed E-state index contributed by atoms with van der Waals surface area (Å²) in [5, 5.41) is 18.9. The van der Waals surface area contributed by atoms with Gasteiger partial charge in [-0.05, 0) is 19.1 Å². The zero-order valence-electron chi connectivity index (χ0n) is 8.10. The zero-order valence-corrected chi connectivity index (χ0v) is 8.10. The van der Waals surface area contributed by atoms with Crippen LogP contribution in [-0.4, -0.2) is 23.4 Å². The van der Waals surface area contributed by atoms with E-state index in [1.807, 2.05) is 6.92 Å². The maximum absolute atomic E-state index is 9.52. The van der Waals surface area contributed by atoms with Gasteiger partial charge in [-0.2, -0.15) is 0 Å². The van der Waals surface area contributed by atoms with Gasteiger partial charge in [0.25, 0.3) is 0 Å². The van der Waals surface area contributed by atoms with Crippen molar-refractivity contribution in [2.45, 2.75) is 13.0 Å². The van der Waals surface area contributed by atoms with Crippen LogP contribution in [0.15, 0.2) is 18.2 Å². The van der Waals surface area contributed by atoms with Gasteiger partial charge in [-0.25, -0.2) is 0 Å². The summed E-state index contributed by atoms with van der Waals surface area (Å²) in [6, 6.07) is 4.77. The van der Waals surface area contributed by atoms with E-state index < -0.39 is 6.10 Å². The second-order valence-electron chi connectivity index (χ2n) is 2.91. The lowest BCUT2D eigenvalue weighted by atomic mass is 10.1. The number of benzene rings is 1. The van der Waals surface area contributed by atoms with Crippen LogP contribution in [0.25, 0.3) is 0 Å². The highest BCUT2D eigenvalue weighted by atomic mass is 16.5. The van der Waals surface area contributed by atoms with Gasteiger partial charge >= 0.3 is 0 Å². The Morgan fingerprint density at radius 3 is 2.71 bits per heavy atom. The minimum atomic E-state index is -0.828. The van der Waals surface area contributed by atoms with Crippen molar-refractivity contribution < 1.29 is 14.9 Å². The van der Waals surface area contributed by atoms with E-state index in [1.165, 1.54) is 6.07 Å². The molecule has 0 spiro atoms. The molecule has 0 fully saturated rings. The second-order valence-corrected chi connectivity index (χ2v) is 2.91. The molecular formula is C10H15NO3. The molecule has 0 aliphatic heterocycles. The summed E-state index contributed by atoms with van der Waals surface area (Å²) in [5.74, 6) is 0.590. The van der Waals surface area contributed by atoms with Gasteiger partial charge < -0.3 is 20.7 Å². The van der Waals surface area contributed by atoms with Crippen molar-refractivity contribution in [3.05, 3.63) is 23.8 Å². The summed E-state index contributed by atoms with van der Waals surface area (Å²) in [6.45, 7) is 2.49. The Morgan fingerprint density at radius 1 is 1.50 bits per heavy atom. The Kier molecular flexibility index (Phi) is 3.73. The number of aromatic hydroxyl groups is 1. The lowest BCUT2D eigenvalue weighted by molar-refractivity contribution is 0.182. The highest BCUT2D eigenvalue weighted by Crippen LogP contribution is 2.27. The molecule has 0 saturated carbocycles. The molecule has 0 aliphatic rings. The van der Waals surface area contributed by atoms with Crippen molar-refractivity contribution >= 4 is 0 Å². The SMILES string of the molecule is CCOc1ccc([C@@H](O)CN)c(O)c1. The first-order valence-corrected chi connectivity index (χ1v) is 4.52. The Balaban J connectivity index is 2.89. The topological polar surface area (TPSA) is 75.7 Å². The first kappa shape index (κ1) is 10.8. The monoisotopic (exact) mass is 197 g/mol. The molecule has 4 nitrogen and oxygen atoms in total. The Bertz CT molecular complexity index is 301. The summed E-state index contributed by atoms with van der Waals surface area (Å²) >= 11 is 0. The van der Waals surface area contributed by atoms with E-state index in [4.69, 9.17) is 10.5 Å². The highest BCUT2D eigenvalue weighted by molar-refractivity contribution is 5.40. The van der Waals surface area contributed by atoms with Crippen LogP contribution >= 0.6 is 0 Å². The third kappa shape index (κ3) is 2.37. The standard InChI is InChI=1S/C10H15NO3/c1-2-14-7-3-4-8(9(12)5-7)10(13)6-11/h3-5,10,12-13H,2,6,11H2,1H3/t10-/m0/s1. The van der Waals surface area contributed by atoms with E-state index in [0.717, 1.165) is 0 Å². The predicted molar refractivity (Wildman–Crippen MR) is 53.3 cm³/mol. The fraction of sp³-hybridized carbons (Fsp3) is 0.400. The molecule has 4 heteroatoms. The largest absolute Gasteiger partial charge is 0.507 e. The average Bonchev–Trinajstić information content (AvgIpc) is 2.17. The number of hydrogen-bond donors (Lipinski definition) is 3. The van der Waals surface area contributed by atoms with Gasteiger partial charge in [-0.15, -0.1) is 0 Å². The second kappa shape index (κ2) is 4.83. The summed E-state index contributed by atoms with van der Waals surface area (Å²) in [4.78, 5) is 0. The smallest absolute Gasteiger partial charge is 0.125 e. The number of hydrogen-bond acceptors (Lipinski definition) is 4. The normalized spacial score (nSPS) is 12.5. The van der Waals surface area contributed by atoms with E-state index in [2.05, 4.69) is 0 Å². The molecular weight excluding hydrogens is 182 g/mol. The molecule has 0 aliphatic carbocycles. The number of phenols is 1. The minimum absolute atomic E-state index is 0.00824. The van der Waals surface area contributed by atoms with Crippen molar-refractivity contribution in [2.24, 2.45) is 5.73 Å². The van der Waals surface area contributed by atoms with Crippen molar-refractivity contribution in [3.8, 4) is 11.5 Å². The van der Waals surface area contributed by atoms with E-state index in [0.29, 0.717) is 17.9 Å². The zero-order chi connectivity index (χ0) is 10.6. The Hall–Kier alpha value is -1.26. The molecule has 0 saturated heterocycles. The fourth-order valence-electron chi connectivity index (χ4n) is 1.19. The third-order valence-corrected chi connectivity index (χ3v) is 1.90. The van der Waals surface area contributed by atoms with Crippen LogP contribution in [-0.2, 0) is 0 Å². The number of phenolic OH excluding ortho intramolecular Hbond substituents is 1. The van der Waals surface area contributed by atoms with Gasteiger partial charge in [0.15, 0.2) is 0 Å². The molecule has 14 heavy (non-hydrogen) atoms. The van der Waals surface area contributed by atoms with Crippen molar-refractivity contribution in [1.82, 2.24) is 0 Å². The average molecular weight is 197 g/mol. The third-order valence-electron chi connectivity index (χ3n) is 1.90. The van der Waals surface area contributed by atoms with E-state index in [1.54, 1.807) is 12.1 Å². The number of ether oxygens (including phenoxy) is 1. The van der Waals surface area contributed by atoms with Crippen LogP contribution in [0.1, 0.15) is 18.6 Å². The van der Waals surface area contributed by atoms with Crippen LogP contribution in [0.4, 0.5) is 0 Å². The molecule has 0 bridgehead atoms. The maximum Gasteiger partial charge on any atom is 0.125 e. The van der Waals surface area contributed by atoms with E-state index in [9.17, 15) is 10.2 Å². The quantitative estimate of drug-likeness (QED) is 0.666. The Morgan fingerprint density at radius 2 is 2.21 bits per heavy atom. The maximum atomic E-state index is 9.52. The molecule has 0 aromatic heterocycles. The van der Waals surface area contributed by atoms with Crippen molar-refractivity contribution in [2.75, 3.05) is 13.2 Å². The Labute approximate surface area is 82.9 Å². The summed E-state index contributed by atoms with van der Waals surface area (Å²) < 4.78 is 5.18. The van der Waals surface area contributed by atoms with Gasteiger partial charge in [0.05, 0.1) is 12.7 Å². The van der Waals surface area contributed by atoms with Gasteiger partial charge in [-0.3, -0.25) is 0 Å². The molecule has 1 aromatic rings. The fourth-order valence-corrected chi connectivity index (χ4v) is 1.19. The first-order valence-electron chi connectivity index (χ1n) is 4.52. The van der Waals surface area contributed by atoms with Gasteiger partial charge in [0, 0.05) is 18.2 Å². The highest BCUT2D eigenvalue weighted by Gasteiger charge is 2.10. The molecule has 1 aromatic carbocycles. The van der Waals surface area contributed by atoms with Crippen LogP contribution in [0.5, 0.6) is 11.5 Å². The van der Waals surface area contributed by atoms with Gasteiger partial charge in [0.1, 0.15) is 11.5 Å². The molecule has 0 heterocycles. The summed E-state index contributed by atoms with van der Waals surface area (Å²) in [7, 11) is 0. The van der Waals surface area contributed by atoms with Crippen LogP contribution in [0, 0.1) is 0 Å². The molecule has 78 valence electrons. The molecule has 0 amide bonds. The number of aliphatic hydroxyl groups excluding tert-OH is 1. The molecule has 1 atom stereocenters. The van der Waals surface area contributed by atoms with Crippen LogP contribution < -0.4 is 10.5 Å². The molecule has 4 N–H and O–H groups in total. The minimum Gasteiger partial charge on any atom is -0.507 e. The lowest BCUT2D eigenvalue weighted by Gasteiger charge is -2.11. The lowest BCUT2D eigenvalue weighted by Crippen LogP contribution is -2.11. The van der Waals surface area contributed by atoms with E-state index in [-0.39, 0.29) is 12.3 Å². The number of aliphatic hydroxyl groups is 1. The first-order chi connectivity index (χ1) is 6.69. The van der Waals surface area contributed by atoms with E-state index >= 15 is 0 Å². The summed E-state index contributed by atoms with van der Waals surface area (Å²) in [5.41, 5.74) is 5.70. The number of nitrogens with two attached hydrogens (primary N) is 1. The van der Waals surface area contributed by atoms with Crippen molar-refractivity contribution in [3.63, 3.8) is 0 Å². The summed E-state index contributed by atoms with van der Waals surface area (Å²) in [6.07, 6.45) is -0.828. The predicted octanol–water partition coefficient (Wildman–Crippen LogP) is 0.783.